The number of rotatable bonds is 5. The summed E-state index contributed by atoms with van der Waals surface area (Å²) in [7, 11) is -3.26. The minimum atomic E-state index is -1.63. The highest BCUT2D eigenvalue weighted by Gasteiger charge is 2.68. The summed E-state index contributed by atoms with van der Waals surface area (Å²) < 4.78 is 8.52. The van der Waals surface area contributed by atoms with Gasteiger partial charge in [0.05, 0.1) is 0 Å². The van der Waals surface area contributed by atoms with Crippen molar-refractivity contribution in [1.29, 1.82) is 0 Å². The van der Waals surface area contributed by atoms with Crippen LogP contribution in [0.15, 0.2) is 60.7 Å². The van der Waals surface area contributed by atoms with E-state index in [-0.39, 0.29) is 23.3 Å². The minimum absolute atomic E-state index is 0.0265. The molecule has 0 radical (unpaired) electrons. The van der Waals surface area contributed by atoms with Gasteiger partial charge in [-0.25, -0.2) is 4.79 Å². The Bertz CT molecular complexity index is 1070. The van der Waals surface area contributed by atoms with Gasteiger partial charge >= 0.3 is 5.97 Å². The van der Waals surface area contributed by atoms with E-state index in [0.29, 0.717) is 0 Å². The zero-order valence-corrected chi connectivity index (χ0v) is 24.3. The average molecular weight is 525 g/mol. The Kier molecular flexibility index (Phi) is 6.10. The van der Waals surface area contributed by atoms with Crippen LogP contribution in [0, 0.1) is 0 Å². The van der Waals surface area contributed by atoms with Gasteiger partial charge in [-0.2, -0.15) is 0 Å². The molecule has 1 amide bonds. The molecule has 2 aromatic carbocycles. The Morgan fingerprint density at radius 1 is 0.943 bits per heavy atom. The summed E-state index contributed by atoms with van der Waals surface area (Å²) in [6.45, 7) is 13.8. The normalized spacial score (nSPS) is 28.6. The molecule has 3 fully saturated rings. The van der Waals surface area contributed by atoms with E-state index in [4.69, 9.17) is 4.74 Å². The van der Waals surface area contributed by atoms with E-state index in [2.05, 4.69) is 44.3 Å². The molecule has 5 rings (SSSR count). The fourth-order valence-electron chi connectivity index (χ4n) is 6.40. The topological polar surface area (TPSA) is 49.9 Å². The highest BCUT2D eigenvalue weighted by atomic mass is 32.2. The van der Waals surface area contributed by atoms with Crippen molar-refractivity contribution in [2.24, 2.45) is 0 Å². The molecule has 3 atom stereocenters. The van der Waals surface area contributed by atoms with E-state index in [9.17, 15) is 9.59 Å². The van der Waals surface area contributed by atoms with Crippen molar-refractivity contribution in [3.8, 4) is 0 Å². The zero-order valence-electron chi connectivity index (χ0n) is 21.5. The van der Waals surface area contributed by atoms with E-state index >= 15 is 0 Å². The molecule has 0 unspecified atom stereocenters. The van der Waals surface area contributed by atoms with Gasteiger partial charge in [-0.1, -0.05) is 86.9 Å². The number of hydrogen-bond acceptors (Lipinski definition) is 5. The van der Waals surface area contributed by atoms with Crippen LogP contribution in [0.1, 0.15) is 31.1 Å². The number of ether oxygens (including phenoxy) is 1. The summed E-state index contributed by atoms with van der Waals surface area (Å²) in [5.41, 5.74) is 1.86. The quantitative estimate of drug-likeness (QED) is 0.295. The lowest BCUT2D eigenvalue weighted by atomic mass is 9.95. The molecule has 35 heavy (non-hydrogen) atoms. The Labute approximate surface area is 215 Å². The van der Waals surface area contributed by atoms with E-state index in [1.807, 2.05) is 65.6 Å². The first-order valence-electron chi connectivity index (χ1n) is 12.5. The number of benzene rings is 2. The van der Waals surface area contributed by atoms with Gasteiger partial charge in [0.2, 0.25) is 5.91 Å². The van der Waals surface area contributed by atoms with Crippen LogP contribution in [-0.2, 0) is 14.3 Å². The lowest BCUT2D eigenvalue weighted by Gasteiger charge is -2.54. The first kappa shape index (κ1) is 24.8. The van der Waals surface area contributed by atoms with Crippen molar-refractivity contribution in [3.63, 3.8) is 0 Å². The van der Waals surface area contributed by atoms with Gasteiger partial charge < -0.3 is 13.9 Å². The number of fused-ring (bicyclic) bond motifs is 1. The molecule has 0 aromatic heterocycles. The molecule has 0 bridgehead atoms. The molecule has 8 heteroatoms. The van der Waals surface area contributed by atoms with Gasteiger partial charge in [0.25, 0.3) is 0 Å². The fraction of sp³-hybridized carbons (Fsp3) is 0.481. The van der Waals surface area contributed by atoms with Crippen molar-refractivity contribution in [1.82, 2.24) is 9.13 Å². The first-order chi connectivity index (χ1) is 16.4. The maximum absolute atomic E-state index is 13.8. The molecule has 3 aliphatic rings. The van der Waals surface area contributed by atoms with Crippen molar-refractivity contribution in [2.45, 2.75) is 80.4 Å². The van der Waals surface area contributed by atoms with Crippen molar-refractivity contribution >= 4 is 40.1 Å². The van der Waals surface area contributed by atoms with Crippen LogP contribution in [0.2, 0.25) is 38.3 Å². The second-order valence-corrected chi connectivity index (χ2v) is 23.3. The number of hydrogen-bond donors (Lipinski definition) is 0. The van der Waals surface area contributed by atoms with Crippen LogP contribution in [0.25, 0.3) is 0 Å². The summed E-state index contributed by atoms with van der Waals surface area (Å²) in [6.07, 6.45) is -0.506. The summed E-state index contributed by atoms with van der Waals surface area (Å²) >= 11 is 1.78. The molecular weight excluding hydrogens is 489 g/mol. The summed E-state index contributed by atoms with van der Waals surface area (Å²) in [5.74, 6) is -0.196. The van der Waals surface area contributed by atoms with E-state index in [1.165, 1.54) is 12.1 Å². The van der Waals surface area contributed by atoms with Crippen LogP contribution in [0.3, 0.4) is 0 Å². The Hall–Kier alpha value is -1.88. The summed E-state index contributed by atoms with van der Waals surface area (Å²) in [5, 5.41) is 0.0265. The van der Waals surface area contributed by atoms with Crippen molar-refractivity contribution in [3.05, 3.63) is 71.8 Å². The highest BCUT2D eigenvalue weighted by Crippen LogP contribution is 2.55. The molecule has 5 nitrogen and oxygen atoms in total. The third-order valence-corrected chi connectivity index (χ3v) is 19.8. The predicted molar refractivity (Wildman–Crippen MR) is 147 cm³/mol. The second kappa shape index (κ2) is 8.61. The van der Waals surface area contributed by atoms with Crippen LogP contribution >= 0.6 is 11.8 Å². The molecule has 186 valence electrons. The Morgan fingerprint density at radius 2 is 1.43 bits per heavy atom. The van der Waals surface area contributed by atoms with Crippen LogP contribution in [0.4, 0.5) is 0 Å². The molecule has 3 heterocycles. The lowest BCUT2D eigenvalue weighted by Crippen LogP contribution is -2.76. The van der Waals surface area contributed by atoms with Crippen LogP contribution in [-0.4, -0.2) is 59.7 Å². The Morgan fingerprint density at radius 3 is 1.91 bits per heavy atom. The number of β-lactam (4-membered cyclic amide) rings is 1. The third kappa shape index (κ3) is 4.12. The predicted octanol–water partition coefficient (Wildman–Crippen LogP) is 5.48. The van der Waals surface area contributed by atoms with Gasteiger partial charge in [-0.15, -0.1) is 11.8 Å². The monoisotopic (exact) mass is 524 g/mol. The standard InChI is InChI=1S/C27H36N2O3SSi2/c1-27(2)23(26(31)32-22(19-13-9-7-10-14-19)20-15-11-8-12-16-20)28-24(30)21(25(28)33-27)29-34(3,4)17-18-35(29,5)6/h7-16,21-23,25H,17-18H2,1-6H3/t21-,23+,25-/m1/s1. The van der Waals surface area contributed by atoms with Crippen molar-refractivity contribution in [2.75, 3.05) is 0 Å². The van der Waals surface area contributed by atoms with Gasteiger partial charge in [0.1, 0.15) is 33.9 Å². The molecule has 3 aliphatic heterocycles. The number of esters is 1. The van der Waals surface area contributed by atoms with Gasteiger partial charge in [-0.05, 0) is 37.1 Å². The number of amides is 1. The lowest BCUT2D eigenvalue weighted by molar-refractivity contribution is -0.167. The number of carbonyl (C=O) groups is 2. The number of carbonyl (C=O) groups excluding carboxylic acids is 2. The smallest absolute Gasteiger partial charge is 0.331 e. The second-order valence-electron chi connectivity index (χ2n) is 11.8. The van der Waals surface area contributed by atoms with E-state index in [1.54, 1.807) is 11.8 Å². The van der Waals surface area contributed by atoms with E-state index < -0.39 is 33.4 Å². The average Bonchev–Trinajstić information content (AvgIpc) is 3.20. The van der Waals surface area contributed by atoms with Crippen LogP contribution < -0.4 is 0 Å². The summed E-state index contributed by atoms with van der Waals surface area (Å²) in [4.78, 5) is 29.4. The third-order valence-electron chi connectivity index (χ3n) is 8.01. The molecule has 0 spiro atoms. The van der Waals surface area contributed by atoms with Gasteiger partial charge in [0, 0.05) is 4.75 Å². The minimum Gasteiger partial charge on any atom is -0.451 e. The van der Waals surface area contributed by atoms with Crippen LogP contribution in [0.5, 0.6) is 0 Å². The number of nitrogens with zero attached hydrogens (tertiary/aromatic N) is 2. The molecule has 0 saturated carbocycles. The SMILES string of the molecule is CC1(C)S[C@@H]2[C@H](N3[Si](C)(C)CC[Si]3(C)C)C(=O)N2[C@H]1C(=O)OC(c1ccccc1)c1ccccc1. The molecule has 0 aliphatic carbocycles. The Balaban J connectivity index is 1.42. The largest absolute Gasteiger partial charge is 0.451 e. The molecule has 3 saturated heterocycles. The van der Waals surface area contributed by atoms with Crippen molar-refractivity contribution < 1.29 is 14.3 Å². The zero-order chi connectivity index (χ0) is 25.2. The maximum atomic E-state index is 13.8. The van der Waals surface area contributed by atoms with Gasteiger partial charge in [0.15, 0.2) is 6.10 Å². The summed E-state index contributed by atoms with van der Waals surface area (Å²) in [6, 6.07) is 21.6. The first-order valence-corrected chi connectivity index (χ1v) is 19.7. The molecular formula is C27H36N2O3SSi2. The highest BCUT2D eigenvalue weighted by molar-refractivity contribution is 8.01. The molecule has 2 aromatic rings. The van der Waals surface area contributed by atoms with E-state index in [0.717, 1.165) is 11.1 Å². The number of thioether (sulfide) groups is 1. The van der Waals surface area contributed by atoms with Gasteiger partial charge in [-0.3, -0.25) is 4.79 Å². The fourth-order valence-corrected chi connectivity index (χ4v) is 22.9. The maximum Gasteiger partial charge on any atom is 0.331 e. The molecule has 0 N–H and O–H groups in total.